The third-order valence-electron chi connectivity index (χ3n) is 3.33. The van der Waals surface area contributed by atoms with Gasteiger partial charge in [-0.3, -0.25) is 4.79 Å². The normalized spacial score (nSPS) is 16.7. The number of rotatable bonds is 4. The van der Waals surface area contributed by atoms with Crippen molar-refractivity contribution in [3.05, 3.63) is 29.8 Å². The van der Waals surface area contributed by atoms with Crippen molar-refractivity contribution in [2.75, 3.05) is 13.1 Å². The first-order chi connectivity index (χ1) is 8.70. The summed E-state index contributed by atoms with van der Waals surface area (Å²) in [5.74, 6) is 0.922. The van der Waals surface area contributed by atoms with Crippen LogP contribution in [0, 0.1) is 6.92 Å². The molecule has 0 N–H and O–H groups in total. The van der Waals surface area contributed by atoms with Crippen molar-refractivity contribution in [1.82, 2.24) is 4.90 Å². The molecule has 3 nitrogen and oxygen atoms in total. The number of hydrogen-bond donors (Lipinski definition) is 0. The van der Waals surface area contributed by atoms with Gasteiger partial charge >= 0.3 is 0 Å². The third kappa shape index (κ3) is 3.03. The summed E-state index contributed by atoms with van der Waals surface area (Å²) < 4.78 is 5.83. The standard InChI is InChI=1S/C15H21NO2/c1-3-14(15(17)16-9-4-5-10-16)18-13-8-6-7-12(2)11-13/h6-8,11,14H,3-5,9-10H2,1-2H3/t14-/m0/s1. The van der Waals surface area contributed by atoms with Crippen molar-refractivity contribution >= 4 is 5.91 Å². The molecule has 0 spiro atoms. The molecule has 1 aliphatic heterocycles. The van der Waals surface area contributed by atoms with E-state index in [9.17, 15) is 4.79 Å². The van der Waals surface area contributed by atoms with Gasteiger partial charge in [0.25, 0.3) is 5.91 Å². The molecule has 2 rings (SSSR count). The van der Waals surface area contributed by atoms with Gasteiger partial charge in [0.15, 0.2) is 6.10 Å². The molecule has 0 radical (unpaired) electrons. The molecule has 0 unspecified atom stereocenters. The van der Waals surface area contributed by atoms with E-state index in [2.05, 4.69) is 0 Å². The molecular weight excluding hydrogens is 226 g/mol. The van der Waals surface area contributed by atoms with E-state index in [0.29, 0.717) is 6.42 Å². The maximum absolute atomic E-state index is 12.3. The number of carbonyl (C=O) groups is 1. The fraction of sp³-hybridized carbons (Fsp3) is 0.533. The van der Waals surface area contributed by atoms with Crippen LogP contribution in [0.1, 0.15) is 31.7 Å². The lowest BCUT2D eigenvalue weighted by molar-refractivity contribution is -0.137. The molecule has 1 aliphatic rings. The molecule has 1 aromatic carbocycles. The lowest BCUT2D eigenvalue weighted by Gasteiger charge is -2.23. The molecular formula is C15H21NO2. The quantitative estimate of drug-likeness (QED) is 0.818. The smallest absolute Gasteiger partial charge is 0.263 e. The van der Waals surface area contributed by atoms with Gasteiger partial charge < -0.3 is 9.64 Å². The lowest BCUT2D eigenvalue weighted by atomic mass is 10.2. The summed E-state index contributed by atoms with van der Waals surface area (Å²) in [6.45, 7) is 5.78. The molecule has 1 aromatic rings. The van der Waals surface area contributed by atoms with E-state index in [-0.39, 0.29) is 12.0 Å². The van der Waals surface area contributed by atoms with Gasteiger partial charge in [-0.25, -0.2) is 0 Å². The average molecular weight is 247 g/mol. The Morgan fingerprint density at radius 3 is 2.72 bits per heavy atom. The second kappa shape index (κ2) is 5.89. The van der Waals surface area contributed by atoms with Gasteiger partial charge in [-0.1, -0.05) is 19.1 Å². The van der Waals surface area contributed by atoms with Crippen LogP contribution in [0.15, 0.2) is 24.3 Å². The van der Waals surface area contributed by atoms with Crippen LogP contribution in [0.5, 0.6) is 5.75 Å². The number of aryl methyl sites for hydroxylation is 1. The van der Waals surface area contributed by atoms with Crippen LogP contribution in [0.2, 0.25) is 0 Å². The zero-order chi connectivity index (χ0) is 13.0. The topological polar surface area (TPSA) is 29.5 Å². The zero-order valence-corrected chi connectivity index (χ0v) is 11.2. The minimum atomic E-state index is -0.343. The van der Waals surface area contributed by atoms with Gasteiger partial charge in [0.2, 0.25) is 0 Å². The first-order valence-electron chi connectivity index (χ1n) is 6.73. The molecule has 0 aromatic heterocycles. The fourth-order valence-corrected chi connectivity index (χ4v) is 2.30. The van der Waals surface area contributed by atoms with Crippen LogP contribution in [-0.4, -0.2) is 30.0 Å². The van der Waals surface area contributed by atoms with Gasteiger partial charge in [0.05, 0.1) is 0 Å². The predicted octanol–water partition coefficient (Wildman–Crippen LogP) is 2.77. The molecule has 1 amide bonds. The van der Waals surface area contributed by atoms with Crippen molar-refractivity contribution in [2.24, 2.45) is 0 Å². The largest absolute Gasteiger partial charge is 0.481 e. The lowest BCUT2D eigenvalue weighted by Crippen LogP contribution is -2.40. The molecule has 0 saturated carbocycles. The summed E-state index contributed by atoms with van der Waals surface area (Å²) in [5, 5.41) is 0. The number of nitrogens with zero attached hydrogens (tertiary/aromatic N) is 1. The van der Waals surface area contributed by atoms with Crippen LogP contribution in [-0.2, 0) is 4.79 Å². The number of likely N-dealkylation sites (tertiary alicyclic amines) is 1. The minimum Gasteiger partial charge on any atom is -0.481 e. The summed E-state index contributed by atoms with van der Waals surface area (Å²) in [5.41, 5.74) is 1.15. The number of amides is 1. The number of carbonyl (C=O) groups excluding carboxylic acids is 1. The highest BCUT2D eigenvalue weighted by atomic mass is 16.5. The van der Waals surface area contributed by atoms with E-state index in [4.69, 9.17) is 4.74 Å². The van der Waals surface area contributed by atoms with Gasteiger partial charge in [0, 0.05) is 13.1 Å². The molecule has 0 bridgehead atoms. The second-order valence-corrected chi connectivity index (χ2v) is 4.86. The Morgan fingerprint density at radius 1 is 1.39 bits per heavy atom. The maximum atomic E-state index is 12.3. The SMILES string of the molecule is CC[C@H](Oc1cccc(C)c1)C(=O)N1CCCC1. The van der Waals surface area contributed by atoms with E-state index >= 15 is 0 Å². The Bertz CT molecular complexity index is 411. The Balaban J connectivity index is 2.02. The zero-order valence-electron chi connectivity index (χ0n) is 11.2. The van der Waals surface area contributed by atoms with E-state index < -0.39 is 0 Å². The highest BCUT2D eigenvalue weighted by Crippen LogP contribution is 2.18. The van der Waals surface area contributed by atoms with Crippen LogP contribution in [0.25, 0.3) is 0 Å². The molecule has 1 atom stereocenters. The number of benzene rings is 1. The monoisotopic (exact) mass is 247 g/mol. The van der Waals surface area contributed by atoms with Gasteiger partial charge in [0.1, 0.15) is 5.75 Å². The van der Waals surface area contributed by atoms with Crippen LogP contribution < -0.4 is 4.74 Å². The number of hydrogen-bond acceptors (Lipinski definition) is 2. The van der Waals surface area contributed by atoms with Crippen molar-refractivity contribution in [1.29, 1.82) is 0 Å². The summed E-state index contributed by atoms with van der Waals surface area (Å²) in [4.78, 5) is 14.2. The van der Waals surface area contributed by atoms with Crippen LogP contribution in [0.4, 0.5) is 0 Å². The van der Waals surface area contributed by atoms with E-state index in [1.165, 1.54) is 0 Å². The molecule has 1 heterocycles. The number of ether oxygens (including phenoxy) is 1. The fourth-order valence-electron chi connectivity index (χ4n) is 2.30. The summed E-state index contributed by atoms with van der Waals surface area (Å²) in [6, 6.07) is 7.86. The first kappa shape index (κ1) is 12.9. The third-order valence-corrected chi connectivity index (χ3v) is 3.33. The summed E-state index contributed by atoms with van der Waals surface area (Å²) in [7, 11) is 0. The van der Waals surface area contributed by atoms with Crippen molar-refractivity contribution in [3.63, 3.8) is 0 Å². The second-order valence-electron chi connectivity index (χ2n) is 4.86. The Labute approximate surface area is 109 Å². The molecule has 1 fully saturated rings. The Hall–Kier alpha value is -1.51. The summed E-state index contributed by atoms with van der Waals surface area (Å²) >= 11 is 0. The molecule has 0 aliphatic carbocycles. The first-order valence-corrected chi connectivity index (χ1v) is 6.73. The highest BCUT2D eigenvalue weighted by Gasteiger charge is 2.26. The average Bonchev–Trinajstić information content (AvgIpc) is 2.89. The van der Waals surface area contributed by atoms with E-state index in [1.807, 2.05) is 43.0 Å². The predicted molar refractivity (Wildman–Crippen MR) is 71.7 cm³/mol. The molecule has 3 heteroatoms. The highest BCUT2D eigenvalue weighted by molar-refractivity contribution is 5.81. The Morgan fingerprint density at radius 2 is 2.11 bits per heavy atom. The summed E-state index contributed by atoms with van der Waals surface area (Å²) in [6.07, 6.45) is 2.60. The van der Waals surface area contributed by atoms with Crippen LogP contribution in [0.3, 0.4) is 0 Å². The molecule has 18 heavy (non-hydrogen) atoms. The minimum absolute atomic E-state index is 0.136. The van der Waals surface area contributed by atoms with Crippen molar-refractivity contribution in [3.8, 4) is 5.75 Å². The van der Waals surface area contributed by atoms with E-state index in [0.717, 1.165) is 37.2 Å². The van der Waals surface area contributed by atoms with E-state index in [1.54, 1.807) is 0 Å². The Kier molecular flexibility index (Phi) is 4.24. The molecule has 1 saturated heterocycles. The van der Waals surface area contributed by atoms with Gasteiger partial charge in [-0.2, -0.15) is 0 Å². The molecule has 98 valence electrons. The van der Waals surface area contributed by atoms with Crippen molar-refractivity contribution in [2.45, 2.75) is 39.2 Å². The van der Waals surface area contributed by atoms with Gasteiger partial charge in [-0.05, 0) is 43.9 Å². The maximum Gasteiger partial charge on any atom is 0.263 e. The van der Waals surface area contributed by atoms with Crippen molar-refractivity contribution < 1.29 is 9.53 Å². The van der Waals surface area contributed by atoms with Gasteiger partial charge in [-0.15, -0.1) is 0 Å². The van der Waals surface area contributed by atoms with Crippen LogP contribution >= 0.6 is 0 Å².